The Hall–Kier alpha value is -0.910. The lowest BCUT2D eigenvalue weighted by atomic mass is 10.2. The minimum atomic E-state index is -0.318. The van der Waals surface area contributed by atoms with Crippen LogP contribution in [0, 0.1) is 0 Å². The number of allylic oxidation sites excluding steroid dienone is 1. The Bertz CT molecular complexity index is 271. The molecule has 0 radical (unpaired) electrons. The molecule has 0 aromatic carbocycles. The van der Waals surface area contributed by atoms with Crippen LogP contribution in [-0.4, -0.2) is 45.3 Å². The van der Waals surface area contributed by atoms with Crippen LogP contribution in [0.3, 0.4) is 0 Å². The van der Waals surface area contributed by atoms with Crippen LogP contribution < -0.4 is 0 Å². The first-order valence-electron chi connectivity index (χ1n) is 7.44. The molecule has 0 spiro atoms. The summed E-state index contributed by atoms with van der Waals surface area (Å²) in [5.74, 6) is -0.318. The lowest BCUT2D eigenvalue weighted by Gasteiger charge is -2.22. The number of unbranched alkanes of at least 4 members (excludes halogenated alkanes) is 1. The number of esters is 1. The highest BCUT2D eigenvalue weighted by Gasteiger charge is 2.12. The molecule has 1 aliphatic rings. The van der Waals surface area contributed by atoms with Crippen molar-refractivity contribution in [3.63, 3.8) is 0 Å². The second kappa shape index (κ2) is 11.9. The SMILES string of the molecule is CCOC(=O)COC/C=C/CCCOC1CCCCO1. The fourth-order valence-electron chi connectivity index (χ4n) is 1.86. The summed E-state index contributed by atoms with van der Waals surface area (Å²) in [7, 11) is 0. The van der Waals surface area contributed by atoms with E-state index < -0.39 is 0 Å². The molecule has 1 atom stereocenters. The van der Waals surface area contributed by atoms with Gasteiger partial charge in [-0.2, -0.15) is 0 Å². The lowest BCUT2D eigenvalue weighted by Crippen LogP contribution is -2.22. The van der Waals surface area contributed by atoms with Crippen molar-refractivity contribution in [1.82, 2.24) is 0 Å². The minimum absolute atomic E-state index is 0.000593. The normalized spacial score (nSPS) is 19.4. The van der Waals surface area contributed by atoms with E-state index in [9.17, 15) is 4.79 Å². The highest BCUT2D eigenvalue weighted by Crippen LogP contribution is 2.13. The van der Waals surface area contributed by atoms with Gasteiger partial charge in [-0.15, -0.1) is 0 Å². The van der Waals surface area contributed by atoms with E-state index in [1.54, 1.807) is 6.92 Å². The molecule has 5 nitrogen and oxygen atoms in total. The van der Waals surface area contributed by atoms with Gasteiger partial charge in [0.05, 0.1) is 19.8 Å². The third kappa shape index (κ3) is 9.07. The summed E-state index contributed by atoms with van der Waals surface area (Å²) < 4.78 is 21.0. The smallest absolute Gasteiger partial charge is 0.332 e. The van der Waals surface area contributed by atoms with Crippen molar-refractivity contribution in [3.05, 3.63) is 12.2 Å². The predicted molar refractivity (Wildman–Crippen MR) is 75.4 cm³/mol. The lowest BCUT2D eigenvalue weighted by molar-refractivity contribution is -0.162. The van der Waals surface area contributed by atoms with Crippen LogP contribution in [0.1, 0.15) is 39.0 Å². The van der Waals surface area contributed by atoms with Gasteiger partial charge in [0.25, 0.3) is 0 Å². The van der Waals surface area contributed by atoms with Crippen molar-refractivity contribution in [1.29, 1.82) is 0 Å². The Morgan fingerprint density at radius 2 is 2.25 bits per heavy atom. The van der Waals surface area contributed by atoms with Gasteiger partial charge in [0.15, 0.2) is 6.29 Å². The summed E-state index contributed by atoms with van der Waals surface area (Å²) >= 11 is 0. The molecule has 0 aliphatic carbocycles. The van der Waals surface area contributed by atoms with Gasteiger partial charge in [0, 0.05) is 6.61 Å². The second-order valence-corrected chi connectivity index (χ2v) is 4.60. The monoisotopic (exact) mass is 286 g/mol. The molecule has 1 unspecified atom stereocenters. The molecule has 0 bridgehead atoms. The second-order valence-electron chi connectivity index (χ2n) is 4.60. The molecule has 1 saturated heterocycles. The highest BCUT2D eigenvalue weighted by molar-refractivity contribution is 5.70. The predicted octanol–water partition coefficient (Wildman–Crippen LogP) is 2.45. The average Bonchev–Trinajstić information content (AvgIpc) is 2.47. The quantitative estimate of drug-likeness (QED) is 0.351. The summed E-state index contributed by atoms with van der Waals surface area (Å²) in [5.41, 5.74) is 0. The maximum Gasteiger partial charge on any atom is 0.332 e. The van der Waals surface area contributed by atoms with Gasteiger partial charge in [-0.05, 0) is 39.0 Å². The Kier molecular flexibility index (Phi) is 10.2. The van der Waals surface area contributed by atoms with E-state index in [0.717, 1.165) is 38.9 Å². The van der Waals surface area contributed by atoms with Gasteiger partial charge in [-0.3, -0.25) is 0 Å². The van der Waals surface area contributed by atoms with E-state index >= 15 is 0 Å². The third-order valence-corrected chi connectivity index (χ3v) is 2.86. The average molecular weight is 286 g/mol. The van der Waals surface area contributed by atoms with Gasteiger partial charge >= 0.3 is 5.97 Å². The minimum Gasteiger partial charge on any atom is -0.464 e. The summed E-state index contributed by atoms with van der Waals surface area (Å²) in [6.45, 7) is 4.16. The van der Waals surface area contributed by atoms with Gasteiger partial charge in [0.1, 0.15) is 6.61 Å². The first-order chi connectivity index (χ1) is 9.83. The highest BCUT2D eigenvalue weighted by atomic mass is 16.7. The van der Waals surface area contributed by atoms with E-state index in [1.807, 2.05) is 12.2 Å². The molecule has 1 rings (SSSR count). The molecule has 1 aliphatic heterocycles. The van der Waals surface area contributed by atoms with E-state index in [2.05, 4.69) is 0 Å². The topological polar surface area (TPSA) is 54.0 Å². The number of hydrogen-bond acceptors (Lipinski definition) is 5. The van der Waals surface area contributed by atoms with Crippen LogP contribution in [0.15, 0.2) is 12.2 Å². The number of ether oxygens (including phenoxy) is 4. The van der Waals surface area contributed by atoms with Crippen LogP contribution >= 0.6 is 0 Å². The zero-order valence-corrected chi connectivity index (χ0v) is 12.3. The molecule has 116 valence electrons. The number of carbonyl (C=O) groups is 1. The van der Waals surface area contributed by atoms with E-state index in [-0.39, 0.29) is 18.9 Å². The van der Waals surface area contributed by atoms with Gasteiger partial charge in [-0.25, -0.2) is 4.79 Å². The first kappa shape index (κ1) is 17.1. The third-order valence-electron chi connectivity index (χ3n) is 2.86. The summed E-state index contributed by atoms with van der Waals surface area (Å²) in [4.78, 5) is 11.0. The van der Waals surface area contributed by atoms with Gasteiger partial charge < -0.3 is 18.9 Å². The van der Waals surface area contributed by atoms with Gasteiger partial charge in [-0.1, -0.05) is 12.2 Å². The fourth-order valence-corrected chi connectivity index (χ4v) is 1.86. The first-order valence-corrected chi connectivity index (χ1v) is 7.44. The summed E-state index contributed by atoms with van der Waals surface area (Å²) in [5, 5.41) is 0. The molecule has 0 amide bonds. The Morgan fingerprint density at radius 3 is 3.00 bits per heavy atom. The maximum atomic E-state index is 11.0. The Balaban J connectivity index is 1.85. The van der Waals surface area contributed by atoms with Crippen LogP contribution in [0.2, 0.25) is 0 Å². The molecule has 0 saturated carbocycles. The van der Waals surface area contributed by atoms with Crippen molar-refractivity contribution in [2.75, 3.05) is 33.0 Å². The molecule has 0 aromatic heterocycles. The molecular formula is C15H26O5. The van der Waals surface area contributed by atoms with E-state index in [0.29, 0.717) is 13.2 Å². The van der Waals surface area contributed by atoms with E-state index in [4.69, 9.17) is 18.9 Å². The van der Waals surface area contributed by atoms with Crippen molar-refractivity contribution < 1.29 is 23.7 Å². The van der Waals surface area contributed by atoms with Crippen LogP contribution in [0.25, 0.3) is 0 Å². The summed E-state index contributed by atoms with van der Waals surface area (Å²) in [6, 6.07) is 0. The Morgan fingerprint density at radius 1 is 1.35 bits per heavy atom. The fraction of sp³-hybridized carbons (Fsp3) is 0.800. The molecule has 0 aromatic rings. The standard InChI is InChI=1S/C15H26O5/c1-2-18-14(16)13-17-10-6-3-4-7-11-19-15-9-5-8-12-20-15/h3,6,15H,2,4-5,7-13H2,1H3/b6-3+. The van der Waals surface area contributed by atoms with Crippen molar-refractivity contribution in [2.24, 2.45) is 0 Å². The molecule has 1 heterocycles. The molecule has 20 heavy (non-hydrogen) atoms. The zero-order valence-electron chi connectivity index (χ0n) is 12.3. The molecular weight excluding hydrogens is 260 g/mol. The van der Waals surface area contributed by atoms with E-state index in [1.165, 1.54) is 6.42 Å². The Labute approximate surface area is 121 Å². The van der Waals surface area contributed by atoms with Crippen LogP contribution in [-0.2, 0) is 23.7 Å². The summed E-state index contributed by atoms with van der Waals surface area (Å²) in [6.07, 6.45) is 9.21. The van der Waals surface area contributed by atoms with Crippen molar-refractivity contribution in [2.45, 2.75) is 45.3 Å². The molecule has 1 fully saturated rings. The largest absolute Gasteiger partial charge is 0.464 e. The molecule has 0 N–H and O–H groups in total. The van der Waals surface area contributed by atoms with Crippen LogP contribution in [0.4, 0.5) is 0 Å². The zero-order chi connectivity index (χ0) is 14.5. The number of carbonyl (C=O) groups excluding carboxylic acids is 1. The molecule has 5 heteroatoms. The maximum absolute atomic E-state index is 11.0. The van der Waals surface area contributed by atoms with Crippen molar-refractivity contribution >= 4 is 5.97 Å². The van der Waals surface area contributed by atoms with Crippen molar-refractivity contribution in [3.8, 4) is 0 Å². The van der Waals surface area contributed by atoms with Gasteiger partial charge in [0.2, 0.25) is 0 Å². The van der Waals surface area contributed by atoms with Crippen LogP contribution in [0.5, 0.6) is 0 Å². The number of rotatable bonds is 10. The number of hydrogen-bond donors (Lipinski definition) is 0.